The van der Waals surface area contributed by atoms with Crippen molar-refractivity contribution < 1.29 is 4.42 Å². The zero-order chi connectivity index (χ0) is 9.52. The molecule has 13 heavy (non-hydrogen) atoms. The Labute approximate surface area is 91.6 Å². The summed E-state index contributed by atoms with van der Waals surface area (Å²) in [7, 11) is 0. The van der Waals surface area contributed by atoms with Crippen molar-refractivity contribution in [3.8, 4) is 0 Å². The van der Waals surface area contributed by atoms with E-state index >= 15 is 0 Å². The molecule has 1 atom stereocenters. The van der Waals surface area contributed by atoms with E-state index in [2.05, 4.69) is 27.8 Å². The van der Waals surface area contributed by atoms with Gasteiger partial charge in [0.2, 0.25) is 0 Å². The summed E-state index contributed by atoms with van der Waals surface area (Å²) in [6.45, 7) is 2.21. The van der Waals surface area contributed by atoms with Crippen molar-refractivity contribution in [2.24, 2.45) is 5.92 Å². The van der Waals surface area contributed by atoms with Crippen LogP contribution in [0.1, 0.15) is 19.8 Å². The molecule has 1 unspecified atom stereocenters. The molecule has 1 rings (SSSR count). The van der Waals surface area contributed by atoms with Gasteiger partial charge in [0.15, 0.2) is 0 Å². The van der Waals surface area contributed by atoms with Gasteiger partial charge < -0.3 is 4.42 Å². The maximum absolute atomic E-state index is 5.14. The van der Waals surface area contributed by atoms with Gasteiger partial charge in [-0.1, -0.05) is 41.0 Å². The molecule has 0 aliphatic rings. The number of nitrogens with zero attached hydrogens (tertiary/aromatic N) is 1. The average Bonchev–Trinajstić information content (AvgIpc) is 2.64. The van der Waals surface area contributed by atoms with Crippen LogP contribution in [-0.4, -0.2) is 16.1 Å². The van der Waals surface area contributed by atoms with Gasteiger partial charge in [-0.15, -0.1) is 0 Å². The molecule has 0 fully saturated rings. The fourth-order valence-corrected chi connectivity index (χ4v) is 2.86. The second-order valence-electron chi connectivity index (χ2n) is 2.92. The first-order chi connectivity index (χ1) is 6.36. The topological polar surface area (TPSA) is 26.0 Å². The van der Waals surface area contributed by atoms with E-state index in [4.69, 9.17) is 4.42 Å². The number of alkyl halides is 1. The van der Waals surface area contributed by atoms with Gasteiger partial charge in [-0.3, -0.25) is 0 Å². The highest BCUT2D eigenvalue weighted by atomic mass is 79.9. The first kappa shape index (κ1) is 11.1. The largest absolute Gasteiger partial charge is 0.440 e. The third kappa shape index (κ3) is 4.18. The zero-order valence-corrected chi connectivity index (χ0v) is 10.1. The number of thioether (sulfide) groups is 1. The highest BCUT2D eigenvalue weighted by Crippen LogP contribution is 2.22. The van der Waals surface area contributed by atoms with Crippen molar-refractivity contribution in [1.29, 1.82) is 0 Å². The van der Waals surface area contributed by atoms with Crippen LogP contribution in [0.3, 0.4) is 0 Å². The second kappa shape index (κ2) is 6.49. The zero-order valence-electron chi connectivity index (χ0n) is 7.70. The van der Waals surface area contributed by atoms with Gasteiger partial charge in [-0.2, -0.15) is 0 Å². The second-order valence-corrected chi connectivity index (χ2v) is 4.54. The normalized spacial score (nSPS) is 13.1. The Morgan fingerprint density at radius 1 is 1.69 bits per heavy atom. The Balaban J connectivity index is 2.23. The summed E-state index contributed by atoms with van der Waals surface area (Å²) in [5, 5.41) is 1.84. The van der Waals surface area contributed by atoms with Gasteiger partial charge in [0.25, 0.3) is 5.22 Å². The molecule has 1 aromatic rings. The summed E-state index contributed by atoms with van der Waals surface area (Å²) >= 11 is 5.21. The SMILES string of the molecule is CCCC(CBr)CSc1ncco1. The van der Waals surface area contributed by atoms with Crippen LogP contribution in [0.25, 0.3) is 0 Å². The van der Waals surface area contributed by atoms with E-state index in [1.54, 1.807) is 24.2 Å². The Kier molecular flexibility index (Phi) is 5.55. The van der Waals surface area contributed by atoms with Gasteiger partial charge in [-0.05, 0) is 12.3 Å². The summed E-state index contributed by atoms with van der Waals surface area (Å²) in [4.78, 5) is 4.06. The monoisotopic (exact) mass is 263 g/mol. The molecule has 0 spiro atoms. The van der Waals surface area contributed by atoms with E-state index in [9.17, 15) is 0 Å². The fraction of sp³-hybridized carbons (Fsp3) is 0.667. The molecule has 74 valence electrons. The molecule has 2 nitrogen and oxygen atoms in total. The molecular weight excluding hydrogens is 250 g/mol. The van der Waals surface area contributed by atoms with E-state index in [1.807, 2.05) is 0 Å². The third-order valence-corrected chi connectivity index (χ3v) is 3.77. The summed E-state index contributed by atoms with van der Waals surface area (Å²) < 4.78 is 5.14. The molecule has 1 heterocycles. The number of hydrogen-bond donors (Lipinski definition) is 0. The Bertz CT molecular complexity index is 215. The molecule has 0 saturated carbocycles. The van der Waals surface area contributed by atoms with E-state index < -0.39 is 0 Å². The third-order valence-electron chi connectivity index (χ3n) is 1.77. The van der Waals surface area contributed by atoms with Gasteiger partial charge >= 0.3 is 0 Å². The lowest BCUT2D eigenvalue weighted by Gasteiger charge is -2.09. The molecule has 0 saturated heterocycles. The molecule has 1 aromatic heterocycles. The standard InChI is InChI=1S/C9H14BrNOS/c1-2-3-8(6-10)7-13-9-11-4-5-12-9/h4-5,8H,2-3,6-7H2,1H3. The van der Waals surface area contributed by atoms with Crippen LogP contribution in [0.2, 0.25) is 0 Å². The average molecular weight is 264 g/mol. The molecule has 0 bridgehead atoms. The minimum Gasteiger partial charge on any atom is -0.440 e. The van der Waals surface area contributed by atoms with E-state index in [0.29, 0.717) is 0 Å². The van der Waals surface area contributed by atoms with Crippen LogP contribution in [0, 0.1) is 5.92 Å². The maximum Gasteiger partial charge on any atom is 0.255 e. The predicted octanol–water partition coefficient (Wildman–Crippen LogP) is 3.58. The predicted molar refractivity (Wildman–Crippen MR) is 59.4 cm³/mol. The molecule has 0 N–H and O–H groups in total. The Morgan fingerprint density at radius 2 is 2.54 bits per heavy atom. The summed E-state index contributed by atoms with van der Waals surface area (Å²) in [5.74, 6) is 1.81. The van der Waals surface area contributed by atoms with Crippen LogP contribution >= 0.6 is 27.7 Å². The number of aromatic nitrogens is 1. The van der Waals surface area contributed by atoms with E-state index in [1.165, 1.54) is 12.8 Å². The molecule has 0 aromatic carbocycles. The molecule has 0 amide bonds. The summed E-state index contributed by atoms with van der Waals surface area (Å²) in [6, 6.07) is 0. The van der Waals surface area contributed by atoms with Gasteiger partial charge in [0.05, 0.1) is 6.20 Å². The smallest absolute Gasteiger partial charge is 0.255 e. The van der Waals surface area contributed by atoms with Crippen molar-refractivity contribution in [1.82, 2.24) is 4.98 Å². The Morgan fingerprint density at radius 3 is 3.08 bits per heavy atom. The van der Waals surface area contributed by atoms with Crippen LogP contribution < -0.4 is 0 Å². The van der Waals surface area contributed by atoms with Gasteiger partial charge in [-0.25, -0.2) is 4.98 Å². The number of rotatable bonds is 6. The Hall–Kier alpha value is 0.0400. The first-order valence-corrected chi connectivity index (χ1v) is 6.55. The summed E-state index contributed by atoms with van der Waals surface area (Å²) in [6.07, 6.45) is 5.80. The highest BCUT2D eigenvalue weighted by Gasteiger charge is 2.08. The lowest BCUT2D eigenvalue weighted by molar-refractivity contribution is 0.452. The molecule has 0 aliphatic heterocycles. The van der Waals surface area contributed by atoms with Crippen LogP contribution in [0.4, 0.5) is 0 Å². The number of oxazole rings is 1. The molecular formula is C9H14BrNOS. The first-order valence-electron chi connectivity index (χ1n) is 4.45. The van der Waals surface area contributed by atoms with Crippen molar-refractivity contribution in [3.05, 3.63) is 12.5 Å². The molecule has 0 radical (unpaired) electrons. The van der Waals surface area contributed by atoms with Crippen LogP contribution in [-0.2, 0) is 0 Å². The number of hydrogen-bond acceptors (Lipinski definition) is 3. The van der Waals surface area contributed by atoms with Crippen LogP contribution in [0.15, 0.2) is 22.1 Å². The van der Waals surface area contributed by atoms with Gasteiger partial charge in [0, 0.05) is 11.1 Å². The van der Waals surface area contributed by atoms with Crippen molar-refractivity contribution >= 4 is 27.7 Å². The van der Waals surface area contributed by atoms with E-state index in [-0.39, 0.29) is 0 Å². The van der Waals surface area contributed by atoms with Crippen molar-refractivity contribution in [2.45, 2.75) is 25.0 Å². The molecule has 0 aliphatic carbocycles. The van der Waals surface area contributed by atoms with Crippen molar-refractivity contribution in [3.63, 3.8) is 0 Å². The lowest BCUT2D eigenvalue weighted by Crippen LogP contribution is -2.04. The quantitative estimate of drug-likeness (QED) is 0.580. The number of halogens is 1. The maximum atomic E-state index is 5.14. The minimum atomic E-state index is 0.724. The van der Waals surface area contributed by atoms with Gasteiger partial charge in [0.1, 0.15) is 6.26 Å². The van der Waals surface area contributed by atoms with Crippen molar-refractivity contribution in [2.75, 3.05) is 11.1 Å². The molecule has 4 heteroatoms. The van der Waals surface area contributed by atoms with Crippen LogP contribution in [0.5, 0.6) is 0 Å². The highest BCUT2D eigenvalue weighted by molar-refractivity contribution is 9.09. The summed E-state index contributed by atoms with van der Waals surface area (Å²) in [5.41, 5.74) is 0. The minimum absolute atomic E-state index is 0.724. The van der Waals surface area contributed by atoms with E-state index in [0.717, 1.165) is 22.2 Å². The lowest BCUT2D eigenvalue weighted by atomic mass is 10.1. The fourth-order valence-electron chi connectivity index (χ4n) is 1.08.